The summed E-state index contributed by atoms with van der Waals surface area (Å²) >= 11 is 6.32. The van der Waals surface area contributed by atoms with Crippen molar-refractivity contribution >= 4 is 23.0 Å². The van der Waals surface area contributed by atoms with E-state index in [1.54, 1.807) is 0 Å². The van der Waals surface area contributed by atoms with Crippen LogP contribution in [-0.4, -0.2) is 6.54 Å². The summed E-state index contributed by atoms with van der Waals surface area (Å²) in [5, 5.41) is 0.747. The molecular weight excluding hydrogens is 256 g/mol. The first-order chi connectivity index (χ1) is 9.16. The van der Waals surface area contributed by atoms with Crippen LogP contribution in [0.5, 0.6) is 0 Å². The van der Waals surface area contributed by atoms with E-state index in [4.69, 9.17) is 17.3 Å². The van der Waals surface area contributed by atoms with Crippen molar-refractivity contribution in [2.75, 3.05) is 11.4 Å². The summed E-state index contributed by atoms with van der Waals surface area (Å²) in [6.07, 6.45) is 1.09. The van der Waals surface area contributed by atoms with E-state index in [0.29, 0.717) is 0 Å². The number of anilines is 2. The number of benzene rings is 2. The smallest absolute Gasteiger partial charge is 0.0474 e. The molecule has 2 N–H and O–H groups in total. The van der Waals surface area contributed by atoms with E-state index in [1.807, 2.05) is 19.1 Å². The van der Waals surface area contributed by atoms with Crippen LogP contribution in [0.15, 0.2) is 42.5 Å². The lowest BCUT2D eigenvalue weighted by molar-refractivity contribution is 0.818. The number of nitrogens with two attached hydrogens (primary N) is 1. The Labute approximate surface area is 118 Å². The molecule has 2 aromatic carbocycles. The quantitative estimate of drug-likeness (QED) is 0.893. The molecule has 1 heterocycles. The maximum absolute atomic E-state index is 6.32. The summed E-state index contributed by atoms with van der Waals surface area (Å²) in [6, 6.07) is 14.6. The van der Waals surface area contributed by atoms with Crippen LogP contribution < -0.4 is 10.6 Å². The summed E-state index contributed by atoms with van der Waals surface area (Å²) in [6.45, 7) is 2.96. The number of hydrogen-bond donors (Lipinski definition) is 1. The highest BCUT2D eigenvalue weighted by molar-refractivity contribution is 6.31. The van der Waals surface area contributed by atoms with E-state index in [1.165, 1.54) is 11.3 Å². The lowest BCUT2D eigenvalue weighted by atomic mass is 10.1. The van der Waals surface area contributed by atoms with Gasteiger partial charge < -0.3 is 10.6 Å². The van der Waals surface area contributed by atoms with Gasteiger partial charge in [0.05, 0.1) is 0 Å². The van der Waals surface area contributed by atoms with Crippen LogP contribution >= 0.6 is 11.6 Å². The molecule has 0 aromatic heterocycles. The number of hydrogen-bond acceptors (Lipinski definition) is 2. The number of para-hydroxylation sites is 1. The Hall–Kier alpha value is -1.51. The summed E-state index contributed by atoms with van der Waals surface area (Å²) in [4.78, 5) is 2.31. The highest BCUT2D eigenvalue weighted by atomic mass is 35.5. The minimum atomic E-state index is -0.0348. The normalized spacial score (nSPS) is 15.4. The van der Waals surface area contributed by atoms with Crippen molar-refractivity contribution in [3.05, 3.63) is 58.6 Å². The molecule has 1 aliphatic heterocycles. The lowest BCUT2D eigenvalue weighted by Gasteiger charge is -2.21. The Bertz CT molecular complexity index is 607. The lowest BCUT2D eigenvalue weighted by Crippen LogP contribution is -2.14. The fourth-order valence-corrected chi connectivity index (χ4v) is 3.01. The van der Waals surface area contributed by atoms with Crippen LogP contribution in [0, 0.1) is 0 Å². The first-order valence-electron chi connectivity index (χ1n) is 6.57. The molecule has 3 rings (SSSR count). The number of fused-ring (bicyclic) bond motifs is 1. The maximum atomic E-state index is 6.32. The van der Waals surface area contributed by atoms with E-state index in [2.05, 4.69) is 35.2 Å². The zero-order chi connectivity index (χ0) is 13.4. The van der Waals surface area contributed by atoms with Gasteiger partial charge in [0.2, 0.25) is 0 Å². The molecular formula is C16H17ClN2. The predicted molar refractivity (Wildman–Crippen MR) is 81.2 cm³/mol. The maximum Gasteiger partial charge on any atom is 0.0474 e. The molecule has 0 bridgehead atoms. The molecule has 0 amide bonds. The van der Waals surface area contributed by atoms with Crippen molar-refractivity contribution in [1.82, 2.24) is 0 Å². The average Bonchev–Trinajstić information content (AvgIpc) is 2.82. The van der Waals surface area contributed by atoms with Gasteiger partial charge in [-0.05, 0) is 42.7 Å². The Morgan fingerprint density at radius 1 is 1.21 bits per heavy atom. The summed E-state index contributed by atoms with van der Waals surface area (Å²) in [5.74, 6) is 0. The third-order valence-corrected chi connectivity index (χ3v) is 4.00. The zero-order valence-corrected chi connectivity index (χ0v) is 11.7. The summed E-state index contributed by atoms with van der Waals surface area (Å²) < 4.78 is 0. The van der Waals surface area contributed by atoms with Gasteiger partial charge in [0.1, 0.15) is 0 Å². The zero-order valence-electron chi connectivity index (χ0n) is 10.9. The average molecular weight is 273 g/mol. The van der Waals surface area contributed by atoms with Gasteiger partial charge in [0, 0.05) is 29.0 Å². The van der Waals surface area contributed by atoms with Crippen LogP contribution in [0.4, 0.5) is 11.4 Å². The molecule has 0 spiro atoms. The Kier molecular flexibility index (Phi) is 3.21. The van der Waals surface area contributed by atoms with Crippen molar-refractivity contribution in [2.24, 2.45) is 5.73 Å². The molecule has 3 heteroatoms. The number of rotatable bonds is 2. The van der Waals surface area contributed by atoms with E-state index in [0.717, 1.165) is 29.2 Å². The Morgan fingerprint density at radius 3 is 2.74 bits per heavy atom. The summed E-state index contributed by atoms with van der Waals surface area (Å²) in [7, 11) is 0. The molecule has 19 heavy (non-hydrogen) atoms. The fraction of sp³-hybridized carbons (Fsp3) is 0.250. The van der Waals surface area contributed by atoms with Gasteiger partial charge in [-0.15, -0.1) is 0 Å². The minimum absolute atomic E-state index is 0.0348. The predicted octanol–water partition coefficient (Wildman–Crippen LogP) is 4.05. The monoisotopic (exact) mass is 272 g/mol. The van der Waals surface area contributed by atoms with Gasteiger partial charge in [0.25, 0.3) is 0 Å². The van der Waals surface area contributed by atoms with Crippen molar-refractivity contribution in [3.63, 3.8) is 0 Å². The van der Waals surface area contributed by atoms with E-state index < -0.39 is 0 Å². The summed E-state index contributed by atoms with van der Waals surface area (Å²) in [5.41, 5.74) is 10.7. The van der Waals surface area contributed by atoms with Crippen LogP contribution in [0.3, 0.4) is 0 Å². The van der Waals surface area contributed by atoms with Crippen molar-refractivity contribution in [1.29, 1.82) is 0 Å². The molecule has 2 nitrogen and oxygen atoms in total. The van der Waals surface area contributed by atoms with Gasteiger partial charge in [-0.25, -0.2) is 0 Å². The van der Waals surface area contributed by atoms with Gasteiger partial charge in [-0.3, -0.25) is 0 Å². The van der Waals surface area contributed by atoms with Crippen molar-refractivity contribution < 1.29 is 0 Å². The third kappa shape index (κ3) is 2.22. The van der Waals surface area contributed by atoms with Gasteiger partial charge in [-0.2, -0.15) is 0 Å². The Balaban J connectivity index is 1.99. The molecule has 98 valence electrons. The molecule has 0 fully saturated rings. The molecule has 0 saturated carbocycles. The van der Waals surface area contributed by atoms with Gasteiger partial charge in [0.15, 0.2) is 0 Å². The van der Waals surface area contributed by atoms with Crippen molar-refractivity contribution in [2.45, 2.75) is 19.4 Å². The molecule has 2 aromatic rings. The van der Waals surface area contributed by atoms with Gasteiger partial charge >= 0.3 is 0 Å². The highest BCUT2D eigenvalue weighted by Gasteiger charge is 2.20. The first-order valence-corrected chi connectivity index (χ1v) is 6.95. The SMILES string of the molecule is CC(N)c1ccc(N2CCc3ccccc32)cc1Cl. The van der Waals surface area contributed by atoms with Crippen molar-refractivity contribution in [3.8, 4) is 0 Å². The van der Waals surface area contributed by atoms with E-state index in [-0.39, 0.29) is 6.04 Å². The van der Waals surface area contributed by atoms with Gasteiger partial charge in [-0.1, -0.05) is 35.9 Å². The molecule has 1 atom stereocenters. The molecule has 1 aliphatic rings. The third-order valence-electron chi connectivity index (χ3n) is 3.67. The van der Waals surface area contributed by atoms with Crippen LogP contribution in [0.1, 0.15) is 24.1 Å². The molecule has 1 unspecified atom stereocenters. The molecule has 0 radical (unpaired) electrons. The number of halogens is 1. The van der Waals surface area contributed by atoms with Crippen LogP contribution in [-0.2, 0) is 6.42 Å². The number of nitrogens with zero attached hydrogens (tertiary/aromatic N) is 1. The second-order valence-electron chi connectivity index (χ2n) is 5.02. The second-order valence-corrected chi connectivity index (χ2v) is 5.43. The molecule has 0 aliphatic carbocycles. The van der Waals surface area contributed by atoms with Crippen LogP contribution in [0.2, 0.25) is 5.02 Å². The standard InChI is InChI=1S/C16H17ClN2/c1-11(18)14-7-6-13(10-15(14)17)19-9-8-12-4-2-3-5-16(12)19/h2-7,10-11H,8-9,18H2,1H3. The minimum Gasteiger partial charge on any atom is -0.341 e. The second kappa shape index (κ2) is 4.87. The Morgan fingerprint density at radius 2 is 2.00 bits per heavy atom. The van der Waals surface area contributed by atoms with Crippen LogP contribution in [0.25, 0.3) is 0 Å². The topological polar surface area (TPSA) is 29.3 Å². The highest BCUT2D eigenvalue weighted by Crippen LogP contribution is 2.36. The first kappa shape index (κ1) is 12.5. The van der Waals surface area contributed by atoms with E-state index >= 15 is 0 Å². The molecule has 0 saturated heterocycles. The fourth-order valence-electron chi connectivity index (χ4n) is 2.66. The van der Waals surface area contributed by atoms with E-state index in [9.17, 15) is 0 Å². The largest absolute Gasteiger partial charge is 0.341 e.